The highest BCUT2D eigenvalue weighted by Gasteiger charge is 2.21. The lowest BCUT2D eigenvalue weighted by Gasteiger charge is -2.26. The van der Waals surface area contributed by atoms with E-state index in [2.05, 4.69) is 10.6 Å². The lowest BCUT2D eigenvalue weighted by atomic mass is 10.2. The lowest BCUT2D eigenvalue weighted by molar-refractivity contribution is 0.0918. The summed E-state index contributed by atoms with van der Waals surface area (Å²) >= 11 is 0. The van der Waals surface area contributed by atoms with Gasteiger partial charge in [-0.25, -0.2) is 4.79 Å². The van der Waals surface area contributed by atoms with Crippen LogP contribution in [-0.2, 0) is 6.54 Å². The van der Waals surface area contributed by atoms with E-state index in [4.69, 9.17) is 18.9 Å². The topological polar surface area (TPSA) is 78.1 Å². The number of urea groups is 1. The molecular formula is C19H20N2O5. The van der Waals surface area contributed by atoms with E-state index >= 15 is 0 Å². The average molecular weight is 356 g/mol. The second-order valence-corrected chi connectivity index (χ2v) is 6.04. The van der Waals surface area contributed by atoms with E-state index in [1.54, 1.807) is 0 Å². The molecular weight excluding hydrogens is 336 g/mol. The maximum absolute atomic E-state index is 12.0. The molecule has 2 aliphatic heterocycles. The van der Waals surface area contributed by atoms with Crippen LogP contribution in [0.2, 0.25) is 0 Å². The van der Waals surface area contributed by atoms with Gasteiger partial charge >= 0.3 is 6.03 Å². The van der Waals surface area contributed by atoms with Crippen molar-refractivity contribution in [2.45, 2.75) is 12.6 Å². The number of rotatable bonds is 4. The molecule has 7 nitrogen and oxygen atoms in total. The zero-order chi connectivity index (χ0) is 17.8. The molecule has 7 heteroatoms. The smallest absolute Gasteiger partial charge is 0.315 e. The Balaban J connectivity index is 1.24. The van der Waals surface area contributed by atoms with Crippen molar-refractivity contribution in [3.63, 3.8) is 0 Å². The molecule has 1 atom stereocenters. The van der Waals surface area contributed by atoms with Gasteiger partial charge in [-0.15, -0.1) is 0 Å². The Morgan fingerprint density at radius 2 is 1.69 bits per heavy atom. The van der Waals surface area contributed by atoms with Crippen LogP contribution in [0, 0.1) is 0 Å². The molecule has 2 N–H and O–H groups in total. The molecule has 2 amide bonds. The van der Waals surface area contributed by atoms with Crippen molar-refractivity contribution >= 4 is 6.03 Å². The van der Waals surface area contributed by atoms with E-state index in [-0.39, 0.29) is 12.1 Å². The van der Waals surface area contributed by atoms with Crippen LogP contribution in [0.4, 0.5) is 4.79 Å². The fourth-order valence-electron chi connectivity index (χ4n) is 2.81. The second-order valence-electron chi connectivity index (χ2n) is 6.04. The number of ether oxygens (including phenoxy) is 4. The van der Waals surface area contributed by atoms with Crippen LogP contribution < -0.4 is 29.6 Å². The van der Waals surface area contributed by atoms with Gasteiger partial charge in [0.1, 0.15) is 19.8 Å². The highest BCUT2D eigenvalue weighted by atomic mass is 16.6. The Hall–Kier alpha value is -3.09. The van der Waals surface area contributed by atoms with Gasteiger partial charge in [-0.2, -0.15) is 0 Å². The standard InChI is InChI=1S/C19H20N2O5/c22-19(20-10-13-5-6-16-18(9-13)24-8-7-23-16)21-11-14-12-25-15-3-1-2-4-17(15)26-14/h1-6,9,14H,7-8,10-12H2,(H2,20,21,22). The Labute approximate surface area is 151 Å². The number of amides is 2. The molecule has 0 radical (unpaired) electrons. The molecule has 2 heterocycles. The largest absolute Gasteiger partial charge is 0.486 e. The quantitative estimate of drug-likeness (QED) is 0.877. The van der Waals surface area contributed by atoms with E-state index < -0.39 is 0 Å². The van der Waals surface area contributed by atoms with Gasteiger partial charge in [0.05, 0.1) is 6.54 Å². The molecule has 0 fully saturated rings. The summed E-state index contributed by atoms with van der Waals surface area (Å²) in [6.45, 7) is 2.26. The summed E-state index contributed by atoms with van der Waals surface area (Å²) in [6.07, 6.45) is -0.218. The molecule has 0 aliphatic carbocycles. The number of para-hydroxylation sites is 2. The highest BCUT2D eigenvalue weighted by Crippen LogP contribution is 2.31. The Morgan fingerprint density at radius 1 is 0.923 bits per heavy atom. The van der Waals surface area contributed by atoms with Crippen molar-refractivity contribution in [3.8, 4) is 23.0 Å². The Kier molecular flexibility index (Phi) is 4.68. The predicted molar refractivity (Wildman–Crippen MR) is 94.0 cm³/mol. The number of carbonyl (C=O) groups excluding carboxylic acids is 1. The van der Waals surface area contributed by atoms with E-state index in [1.807, 2.05) is 42.5 Å². The fourth-order valence-corrected chi connectivity index (χ4v) is 2.81. The third-order valence-corrected chi connectivity index (χ3v) is 4.12. The zero-order valence-electron chi connectivity index (χ0n) is 14.2. The summed E-state index contributed by atoms with van der Waals surface area (Å²) in [7, 11) is 0. The van der Waals surface area contributed by atoms with Crippen LogP contribution in [-0.4, -0.2) is 38.5 Å². The first-order chi connectivity index (χ1) is 12.8. The number of hydrogen-bond donors (Lipinski definition) is 2. The third-order valence-electron chi connectivity index (χ3n) is 4.12. The van der Waals surface area contributed by atoms with Gasteiger partial charge in [-0.1, -0.05) is 18.2 Å². The van der Waals surface area contributed by atoms with Crippen LogP contribution in [0.1, 0.15) is 5.56 Å². The first-order valence-electron chi connectivity index (χ1n) is 8.56. The molecule has 0 spiro atoms. The van der Waals surface area contributed by atoms with E-state index in [9.17, 15) is 4.79 Å². The van der Waals surface area contributed by atoms with Crippen LogP contribution in [0.25, 0.3) is 0 Å². The lowest BCUT2D eigenvalue weighted by Crippen LogP contribution is -2.44. The molecule has 2 aromatic rings. The van der Waals surface area contributed by atoms with Crippen molar-refractivity contribution in [2.75, 3.05) is 26.4 Å². The predicted octanol–water partition coefficient (Wildman–Crippen LogP) is 2.10. The first kappa shape index (κ1) is 16.4. The van der Waals surface area contributed by atoms with Crippen LogP contribution in [0.3, 0.4) is 0 Å². The van der Waals surface area contributed by atoms with E-state index in [0.29, 0.717) is 44.4 Å². The van der Waals surface area contributed by atoms with Crippen molar-refractivity contribution in [1.82, 2.24) is 10.6 Å². The number of benzene rings is 2. The highest BCUT2D eigenvalue weighted by molar-refractivity contribution is 5.73. The van der Waals surface area contributed by atoms with Crippen LogP contribution in [0.5, 0.6) is 23.0 Å². The van der Waals surface area contributed by atoms with Gasteiger partial charge in [-0.05, 0) is 29.8 Å². The number of nitrogens with one attached hydrogen (secondary N) is 2. The van der Waals surface area contributed by atoms with E-state index in [1.165, 1.54) is 0 Å². The minimum atomic E-state index is -0.262. The Morgan fingerprint density at radius 3 is 2.58 bits per heavy atom. The minimum Gasteiger partial charge on any atom is -0.486 e. The first-order valence-corrected chi connectivity index (χ1v) is 8.56. The van der Waals surface area contributed by atoms with Crippen molar-refractivity contribution in [1.29, 1.82) is 0 Å². The van der Waals surface area contributed by atoms with Gasteiger partial charge in [0, 0.05) is 6.54 Å². The van der Waals surface area contributed by atoms with Gasteiger partial charge in [-0.3, -0.25) is 0 Å². The molecule has 2 aromatic carbocycles. The third kappa shape index (κ3) is 3.77. The number of hydrogen-bond acceptors (Lipinski definition) is 5. The molecule has 1 unspecified atom stereocenters. The summed E-state index contributed by atoms with van der Waals surface area (Å²) < 4.78 is 22.5. The maximum Gasteiger partial charge on any atom is 0.315 e. The molecule has 4 rings (SSSR count). The Bertz CT molecular complexity index is 795. The van der Waals surface area contributed by atoms with Crippen molar-refractivity contribution in [2.24, 2.45) is 0 Å². The summed E-state index contributed by atoms with van der Waals surface area (Å²) in [5, 5.41) is 5.63. The number of fused-ring (bicyclic) bond motifs is 2. The zero-order valence-corrected chi connectivity index (χ0v) is 14.2. The van der Waals surface area contributed by atoms with Crippen LogP contribution in [0.15, 0.2) is 42.5 Å². The van der Waals surface area contributed by atoms with Crippen molar-refractivity contribution < 1.29 is 23.7 Å². The number of carbonyl (C=O) groups is 1. The molecule has 136 valence electrons. The molecule has 2 aliphatic rings. The maximum atomic E-state index is 12.0. The van der Waals surface area contributed by atoms with Crippen LogP contribution >= 0.6 is 0 Å². The summed E-state index contributed by atoms with van der Waals surface area (Å²) in [6, 6.07) is 12.9. The summed E-state index contributed by atoms with van der Waals surface area (Å²) in [5.41, 5.74) is 0.940. The summed E-state index contributed by atoms with van der Waals surface area (Å²) in [5.74, 6) is 2.87. The summed E-state index contributed by atoms with van der Waals surface area (Å²) in [4.78, 5) is 12.0. The average Bonchev–Trinajstić information content (AvgIpc) is 2.70. The SMILES string of the molecule is O=C(NCc1ccc2c(c1)OCCO2)NCC1COc2ccccc2O1. The monoisotopic (exact) mass is 356 g/mol. The van der Waals surface area contributed by atoms with Gasteiger partial charge < -0.3 is 29.6 Å². The van der Waals surface area contributed by atoms with Gasteiger partial charge in [0.2, 0.25) is 0 Å². The second kappa shape index (κ2) is 7.43. The van der Waals surface area contributed by atoms with Crippen molar-refractivity contribution in [3.05, 3.63) is 48.0 Å². The molecule has 0 aromatic heterocycles. The van der Waals surface area contributed by atoms with Gasteiger partial charge in [0.15, 0.2) is 29.1 Å². The van der Waals surface area contributed by atoms with E-state index in [0.717, 1.165) is 17.1 Å². The molecule has 0 saturated carbocycles. The molecule has 26 heavy (non-hydrogen) atoms. The van der Waals surface area contributed by atoms with Gasteiger partial charge in [0.25, 0.3) is 0 Å². The molecule has 0 bridgehead atoms. The molecule has 0 saturated heterocycles. The fraction of sp³-hybridized carbons (Fsp3) is 0.316. The normalized spacial score (nSPS) is 17.3. The minimum absolute atomic E-state index is 0.218.